The van der Waals surface area contributed by atoms with E-state index in [2.05, 4.69) is 553 Å². The van der Waals surface area contributed by atoms with E-state index in [1.165, 1.54) is 98.0 Å². The molecule has 0 bridgehead atoms. The predicted octanol–water partition coefficient (Wildman–Crippen LogP) is 37.3. The molecule has 26 aromatic rings. The van der Waals surface area contributed by atoms with Crippen molar-refractivity contribution >= 4 is 133 Å². The molecule has 8 nitrogen and oxygen atoms in total. The van der Waals surface area contributed by atoms with E-state index in [1.54, 1.807) is 0 Å². The number of benzene rings is 22. The molecule has 0 aliphatic rings. The fraction of sp³-hybridized carbons (Fsp3) is 0. The molecule has 0 amide bonds. The quantitative estimate of drug-likeness (QED) is 0.0622. The van der Waals surface area contributed by atoms with E-state index in [9.17, 15) is 0 Å². The largest absolute Gasteiger partial charge is 0.308 e. The topological polar surface area (TPSA) is 64.5 Å². The summed E-state index contributed by atoms with van der Waals surface area (Å²) >= 11 is 0. The molecule has 0 aliphatic carbocycles. The molecule has 676 valence electrons. The summed E-state index contributed by atoms with van der Waals surface area (Å²) in [6.45, 7) is 0. The van der Waals surface area contributed by atoms with Gasteiger partial charge in [-0.15, -0.1) is 0 Å². The second-order valence-corrected chi connectivity index (χ2v) is 36.3. The fourth-order valence-electron chi connectivity index (χ4n) is 21.1. The third-order valence-electron chi connectivity index (χ3n) is 27.8. The number of pyridine rings is 4. The minimum atomic E-state index is 0.915. The summed E-state index contributed by atoms with van der Waals surface area (Å²) in [7, 11) is 0. The molecule has 4 aromatic heterocycles. The van der Waals surface area contributed by atoms with Gasteiger partial charge in [0.05, 0.1) is 93.1 Å². The highest BCUT2D eigenvalue weighted by molar-refractivity contribution is 6.29. The Bertz CT molecular complexity index is 8520. The molecular weight excluding hydrogens is 1750 g/mol. The third kappa shape index (κ3) is 16.4. The summed E-state index contributed by atoms with van der Waals surface area (Å²) < 4.78 is 0. The highest BCUT2D eigenvalue weighted by atomic mass is 15.2. The van der Waals surface area contributed by atoms with E-state index in [1.807, 2.05) is 24.8 Å². The Kier molecular flexibility index (Phi) is 22.9. The van der Waals surface area contributed by atoms with E-state index in [4.69, 9.17) is 19.9 Å². The summed E-state index contributed by atoms with van der Waals surface area (Å²) in [5.41, 5.74) is 34.5. The van der Waals surface area contributed by atoms with Crippen LogP contribution in [0.5, 0.6) is 0 Å². The van der Waals surface area contributed by atoms with Crippen LogP contribution in [0.15, 0.2) is 559 Å². The van der Waals surface area contributed by atoms with E-state index >= 15 is 0 Å². The van der Waals surface area contributed by atoms with Crippen LogP contribution >= 0.6 is 0 Å². The predicted molar refractivity (Wildman–Crippen MR) is 605 cm³/mol. The molecule has 0 saturated heterocycles. The fourth-order valence-corrected chi connectivity index (χ4v) is 21.1. The van der Waals surface area contributed by atoms with Gasteiger partial charge in [-0.2, -0.15) is 0 Å². The second-order valence-electron chi connectivity index (χ2n) is 36.3. The lowest BCUT2D eigenvalue weighted by atomic mass is 9.88. The SMILES string of the molecule is c1ccc(-c2ccc(N(c3ccccc3)c3ccc(-c4ccc5ccc6c(-c7ccc(N(c8ccccc8)c8ccc(-c9ccccc9)cc8-c8ccccc8)cn7)ccc7ccc4c5c76)nc3)c(-c3ccccc3)c2)cc1.c1ccc(-c2ccccc2N(c2ccccc2)c2ccc(-c3ccc4ccc5c(-c6ccc(N(c7ccccc7)c7ccccc7-c7ccccc7)cn6)ccc6ccc3c4c65)nc2)cc1. The first-order valence-electron chi connectivity index (χ1n) is 48.9. The zero-order valence-electron chi connectivity index (χ0n) is 78.7. The third-order valence-corrected chi connectivity index (χ3v) is 27.8. The molecule has 0 saturated carbocycles. The first kappa shape index (κ1) is 86.3. The Balaban J connectivity index is 0.000000153. The minimum absolute atomic E-state index is 0.915. The monoisotopic (exact) mass is 1840 g/mol. The maximum atomic E-state index is 5.29. The molecule has 0 unspecified atom stereocenters. The Labute approximate surface area is 836 Å². The van der Waals surface area contributed by atoms with Crippen LogP contribution in [0, 0.1) is 0 Å². The molecule has 22 aromatic carbocycles. The van der Waals surface area contributed by atoms with Crippen LogP contribution in [-0.2, 0) is 0 Å². The summed E-state index contributed by atoms with van der Waals surface area (Å²) in [4.78, 5) is 30.2. The Hall–Kier alpha value is -19.3. The molecule has 4 heterocycles. The van der Waals surface area contributed by atoms with Crippen LogP contribution in [0.25, 0.3) is 176 Å². The van der Waals surface area contributed by atoms with Crippen LogP contribution < -0.4 is 19.6 Å². The molecule has 26 rings (SSSR count). The van der Waals surface area contributed by atoms with Gasteiger partial charge in [0.1, 0.15) is 0 Å². The molecule has 0 fully saturated rings. The number of aromatic nitrogens is 4. The van der Waals surface area contributed by atoms with Crippen LogP contribution in [0.2, 0.25) is 0 Å². The number of rotatable bonds is 22. The number of anilines is 12. The average Bonchev–Trinajstić information content (AvgIpc) is 0.725. The van der Waals surface area contributed by atoms with Gasteiger partial charge in [0.25, 0.3) is 0 Å². The van der Waals surface area contributed by atoms with Crippen LogP contribution in [0.4, 0.5) is 68.2 Å². The van der Waals surface area contributed by atoms with Crippen molar-refractivity contribution in [2.24, 2.45) is 0 Å². The Morgan fingerprint density at radius 3 is 0.576 bits per heavy atom. The molecule has 0 N–H and O–H groups in total. The van der Waals surface area contributed by atoms with Gasteiger partial charge < -0.3 is 19.6 Å². The van der Waals surface area contributed by atoms with Gasteiger partial charge in [-0.3, -0.25) is 19.9 Å². The lowest BCUT2D eigenvalue weighted by molar-refractivity contribution is 1.23. The number of nitrogens with zero attached hydrogens (tertiary/aromatic N) is 8. The molecule has 8 heteroatoms. The van der Waals surface area contributed by atoms with Crippen LogP contribution in [0.3, 0.4) is 0 Å². The molecule has 144 heavy (non-hydrogen) atoms. The van der Waals surface area contributed by atoms with Gasteiger partial charge in [0.15, 0.2) is 0 Å². The van der Waals surface area contributed by atoms with Crippen molar-refractivity contribution in [3.05, 3.63) is 559 Å². The van der Waals surface area contributed by atoms with Gasteiger partial charge in [-0.05, 0) is 243 Å². The van der Waals surface area contributed by atoms with Crippen LogP contribution in [-0.4, -0.2) is 19.9 Å². The van der Waals surface area contributed by atoms with Gasteiger partial charge in [0.2, 0.25) is 0 Å². The lowest BCUT2D eigenvalue weighted by Crippen LogP contribution is -2.11. The molecule has 0 atom stereocenters. The first-order valence-corrected chi connectivity index (χ1v) is 48.9. The normalized spacial score (nSPS) is 11.3. The summed E-state index contributed by atoms with van der Waals surface area (Å²) in [5.74, 6) is 0. The zero-order chi connectivity index (χ0) is 95.6. The summed E-state index contributed by atoms with van der Waals surface area (Å²) in [6.07, 6.45) is 8.06. The maximum absolute atomic E-state index is 5.29. The van der Waals surface area contributed by atoms with E-state index in [-0.39, 0.29) is 0 Å². The molecule has 0 aliphatic heterocycles. The smallest absolute Gasteiger partial charge is 0.0709 e. The maximum Gasteiger partial charge on any atom is 0.0709 e. The average molecular weight is 1840 g/mol. The number of hydrogen-bond acceptors (Lipinski definition) is 8. The number of para-hydroxylation sites is 6. The van der Waals surface area contributed by atoms with Gasteiger partial charge in [-0.1, -0.05) is 400 Å². The van der Waals surface area contributed by atoms with Crippen molar-refractivity contribution in [3.8, 4) is 112 Å². The van der Waals surface area contributed by atoms with Crippen molar-refractivity contribution < 1.29 is 0 Å². The van der Waals surface area contributed by atoms with Crippen molar-refractivity contribution in [2.75, 3.05) is 19.6 Å². The van der Waals surface area contributed by atoms with Crippen molar-refractivity contribution in [3.63, 3.8) is 0 Å². The van der Waals surface area contributed by atoms with Gasteiger partial charge in [-0.25, -0.2) is 0 Å². The zero-order valence-corrected chi connectivity index (χ0v) is 78.7. The summed E-state index contributed by atoms with van der Waals surface area (Å²) in [6, 6.07) is 190. The van der Waals surface area contributed by atoms with Crippen molar-refractivity contribution in [1.29, 1.82) is 0 Å². The highest BCUT2D eigenvalue weighted by Gasteiger charge is 2.27. The standard InChI is InChI=1S/C74H50N4.C62H42N4/c1-7-19-51(20-8-1)57-35-45-71(67(47-57)53-23-11-3-12-24-53)77(59-27-15-5-16-28-59)61-37-43-69(75-49-61)63-39-31-55-34-42-66-64(40-32-56-33-41-65(63)73(55)74(56)66)70-44-38-62(50-76-70)78(60-29-17-6-18-30-60)72-46-36-58(52-21-9-2-10-22-52)48-68(72)54-25-13-4-14-26-54;1-5-17-43(18-6-1)51-25-13-15-27-59(51)65(47-21-9-3-10-22-47)49-33-39-57(63-41-49)53-35-29-45-32-38-56-54(36-30-46-31-37-55(53)61(45)62(46)56)58-40-34-50(42-64-58)66(48-23-11-4-12-24-48)60-28-16-14-26-52(60)44-19-7-2-8-20-44/h1-50H;1-42H. The molecule has 0 radical (unpaired) electrons. The Morgan fingerprint density at radius 2 is 0.333 bits per heavy atom. The number of hydrogen-bond donors (Lipinski definition) is 0. The van der Waals surface area contributed by atoms with E-state index in [0.717, 1.165) is 147 Å². The lowest BCUT2D eigenvalue weighted by Gasteiger charge is -2.28. The van der Waals surface area contributed by atoms with E-state index < -0.39 is 0 Å². The van der Waals surface area contributed by atoms with Crippen molar-refractivity contribution in [1.82, 2.24) is 19.9 Å². The van der Waals surface area contributed by atoms with Gasteiger partial charge in [0, 0.05) is 67.3 Å². The second kappa shape index (κ2) is 38.2. The Morgan fingerprint density at radius 1 is 0.125 bits per heavy atom. The highest BCUT2D eigenvalue weighted by Crippen LogP contribution is 2.52. The van der Waals surface area contributed by atoms with Crippen LogP contribution in [0.1, 0.15) is 0 Å². The van der Waals surface area contributed by atoms with E-state index in [0.29, 0.717) is 0 Å². The van der Waals surface area contributed by atoms with Gasteiger partial charge >= 0.3 is 0 Å². The van der Waals surface area contributed by atoms with Crippen molar-refractivity contribution in [2.45, 2.75) is 0 Å². The minimum Gasteiger partial charge on any atom is -0.308 e. The molecular formula is C136H92N8. The first-order chi connectivity index (χ1) is 71.5. The summed E-state index contributed by atoms with van der Waals surface area (Å²) in [5, 5.41) is 14.4. The molecule has 0 spiro atoms.